The second-order valence-electron chi connectivity index (χ2n) is 12.1. The molecular formula is C29H33ClFNO5. The Morgan fingerprint density at radius 2 is 2.05 bits per heavy atom. The first-order valence-corrected chi connectivity index (χ1v) is 13.5. The van der Waals surface area contributed by atoms with Gasteiger partial charge < -0.3 is 10.2 Å². The van der Waals surface area contributed by atoms with Crippen LogP contribution in [0.15, 0.2) is 42.0 Å². The van der Waals surface area contributed by atoms with E-state index in [9.17, 15) is 19.8 Å². The van der Waals surface area contributed by atoms with Crippen LogP contribution in [0.4, 0.5) is 10.1 Å². The number of Topliss-reactive ketones (excluding diaryl/α,β-unsaturated/α-hetero) is 1. The Balaban J connectivity index is 1.42. The van der Waals surface area contributed by atoms with E-state index in [0.717, 1.165) is 16.8 Å². The summed E-state index contributed by atoms with van der Waals surface area (Å²) in [6.07, 6.45) is 4.79. The number of alkyl halides is 1. The van der Waals surface area contributed by atoms with Crippen molar-refractivity contribution in [3.05, 3.63) is 52.6 Å². The van der Waals surface area contributed by atoms with E-state index in [1.54, 1.807) is 24.1 Å². The molecule has 0 bridgehead atoms. The molecular weight excluding hydrogens is 497 g/mol. The monoisotopic (exact) mass is 529 g/mol. The highest BCUT2D eigenvalue weighted by Gasteiger charge is 2.78. The largest absolute Gasteiger partial charge is 0.390 e. The predicted octanol–water partition coefficient (Wildman–Crippen LogP) is 4.30. The summed E-state index contributed by atoms with van der Waals surface area (Å²) >= 11 is 6.22. The Bertz CT molecular complexity index is 1260. The number of fused-ring (bicyclic) bond motifs is 7. The molecule has 0 radical (unpaired) electrons. The van der Waals surface area contributed by atoms with Crippen molar-refractivity contribution in [3.8, 4) is 0 Å². The average molecular weight is 530 g/mol. The topological polar surface area (TPSA) is 87.1 Å². The molecule has 0 aromatic heterocycles. The standard InChI is InChI=1S/C29H33ClFNO5/c1-16-10-19(5-7-23(16)30)32-14-18-12-22-21-6-4-17-11-20(34)8-9-26(17,2)28(21,31)24(35)13-27(22,3)29(18,37-32)25(36)15-33/h5,7-11,18,21-22,24,33,35H,4,6,12-15H2,1-3H3/t18-,21-,22-,24-,26-,27-,28-,29-/m0/s1. The number of rotatable bonds is 3. The lowest BCUT2D eigenvalue weighted by atomic mass is 9.44. The smallest absolute Gasteiger partial charge is 0.193 e. The maximum absolute atomic E-state index is 17.4. The van der Waals surface area contributed by atoms with Gasteiger partial charge in [0, 0.05) is 27.7 Å². The first kappa shape index (κ1) is 25.2. The Morgan fingerprint density at radius 1 is 1.30 bits per heavy atom. The minimum absolute atomic E-state index is 0.0189. The molecule has 8 heteroatoms. The van der Waals surface area contributed by atoms with Crippen molar-refractivity contribution in [3.63, 3.8) is 0 Å². The summed E-state index contributed by atoms with van der Waals surface area (Å²) in [7, 11) is 0. The molecule has 0 unspecified atom stereocenters. The molecule has 1 aliphatic heterocycles. The number of nitrogens with zero attached hydrogens (tertiary/aromatic N) is 1. The summed E-state index contributed by atoms with van der Waals surface area (Å²) in [6, 6.07) is 5.52. The van der Waals surface area contributed by atoms with Crippen molar-refractivity contribution in [2.75, 3.05) is 18.2 Å². The number of aliphatic hydroxyl groups is 2. The van der Waals surface area contributed by atoms with Gasteiger partial charge in [0.05, 0.1) is 18.3 Å². The van der Waals surface area contributed by atoms with Crippen LogP contribution in [0.2, 0.25) is 5.02 Å². The predicted molar refractivity (Wildman–Crippen MR) is 137 cm³/mol. The molecule has 198 valence electrons. The lowest BCUT2D eigenvalue weighted by molar-refractivity contribution is -0.223. The zero-order chi connectivity index (χ0) is 26.5. The van der Waals surface area contributed by atoms with Crippen LogP contribution in [0.25, 0.3) is 0 Å². The van der Waals surface area contributed by atoms with Gasteiger partial charge in [-0.05, 0) is 81.4 Å². The van der Waals surface area contributed by atoms with Crippen LogP contribution in [0.3, 0.4) is 0 Å². The molecule has 1 aromatic carbocycles. The van der Waals surface area contributed by atoms with Crippen molar-refractivity contribution in [1.82, 2.24) is 0 Å². The highest BCUT2D eigenvalue weighted by atomic mass is 35.5. The summed E-state index contributed by atoms with van der Waals surface area (Å²) in [5, 5.41) is 24.0. The van der Waals surface area contributed by atoms with Crippen molar-refractivity contribution in [1.29, 1.82) is 0 Å². The minimum atomic E-state index is -1.98. The molecule has 4 fully saturated rings. The third-order valence-electron chi connectivity index (χ3n) is 10.6. The highest BCUT2D eigenvalue weighted by molar-refractivity contribution is 6.31. The Kier molecular flexibility index (Phi) is 5.44. The van der Waals surface area contributed by atoms with Crippen LogP contribution < -0.4 is 5.06 Å². The van der Waals surface area contributed by atoms with Crippen LogP contribution in [-0.4, -0.2) is 52.3 Å². The van der Waals surface area contributed by atoms with E-state index in [2.05, 4.69) is 0 Å². The SMILES string of the molecule is Cc1cc(N2C[C@@H]3C[C@H]4[C@@H]5CCC6=CC(=O)C=C[C@]6(C)[C@@]5(F)[C@@H](O)C[C@]4(C)[C@]3(C(=O)CO)O2)ccc1Cl. The van der Waals surface area contributed by atoms with Crippen LogP contribution in [0, 0.1) is 35.5 Å². The molecule has 6 nitrogen and oxygen atoms in total. The second-order valence-corrected chi connectivity index (χ2v) is 12.5. The van der Waals surface area contributed by atoms with E-state index >= 15 is 4.39 Å². The fraction of sp³-hybridized carbons (Fsp3) is 0.586. The molecule has 6 rings (SSSR count). The van der Waals surface area contributed by atoms with Crippen molar-refractivity contribution < 1.29 is 29.0 Å². The molecule has 1 aromatic rings. The lowest BCUT2D eigenvalue weighted by Crippen LogP contribution is -2.69. The maximum Gasteiger partial charge on any atom is 0.193 e. The molecule has 1 saturated heterocycles. The van der Waals surface area contributed by atoms with Gasteiger partial charge in [-0.15, -0.1) is 0 Å². The highest BCUT2D eigenvalue weighted by Crippen LogP contribution is 2.72. The molecule has 1 heterocycles. The summed E-state index contributed by atoms with van der Waals surface area (Å²) in [4.78, 5) is 32.2. The number of halogens is 2. The summed E-state index contributed by atoms with van der Waals surface area (Å²) in [6.45, 7) is 5.33. The number of aryl methyl sites for hydroxylation is 1. The Hall–Kier alpha value is -2.06. The van der Waals surface area contributed by atoms with Gasteiger partial charge in [0.1, 0.15) is 6.61 Å². The van der Waals surface area contributed by atoms with Crippen LogP contribution in [-0.2, 0) is 14.4 Å². The van der Waals surface area contributed by atoms with E-state index in [-0.39, 0.29) is 24.0 Å². The number of carbonyl (C=O) groups is 2. The summed E-state index contributed by atoms with van der Waals surface area (Å²) in [5.41, 5.74) is -2.98. The molecule has 0 amide bonds. The number of hydrogen-bond acceptors (Lipinski definition) is 6. The molecule has 2 N–H and O–H groups in total. The zero-order valence-electron chi connectivity index (χ0n) is 21.3. The maximum atomic E-state index is 17.4. The zero-order valence-corrected chi connectivity index (χ0v) is 22.1. The number of hydroxylamine groups is 1. The van der Waals surface area contributed by atoms with Crippen molar-refractivity contribution >= 4 is 28.9 Å². The van der Waals surface area contributed by atoms with Gasteiger partial charge in [-0.1, -0.05) is 30.2 Å². The van der Waals surface area contributed by atoms with E-state index in [0.29, 0.717) is 30.8 Å². The van der Waals surface area contributed by atoms with E-state index < -0.39 is 46.5 Å². The van der Waals surface area contributed by atoms with Crippen LogP contribution >= 0.6 is 11.6 Å². The van der Waals surface area contributed by atoms with E-state index in [4.69, 9.17) is 16.4 Å². The Labute approximate surface area is 221 Å². The molecule has 0 spiro atoms. The fourth-order valence-corrected chi connectivity index (χ4v) is 8.93. The molecule has 8 atom stereocenters. The quantitative estimate of drug-likeness (QED) is 0.607. The first-order valence-electron chi connectivity index (χ1n) is 13.1. The van der Waals surface area contributed by atoms with Gasteiger partial charge in [0.25, 0.3) is 0 Å². The van der Waals surface area contributed by atoms with Crippen molar-refractivity contribution in [2.45, 2.75) is 63.8 Å². The number of anilines is 1. The van der Waals surface area contributed by atoms with Gasteiger partial charge in [-0.2, -0.15) is 0 Å². The number of allylic oxidation sites excluding steroid dienone is 4. The van der Waals surface area contributed by atoms with Gasteiger partial charge >= 0.3 is 0 Å². The number of benzene rings is 1. The third kappa shape index (κ3) is 2.97. The first-order chi connectivity index (χ1) is 17.4. The second kappa shape index (κ2) is 7.98. The van der Waals surface area contributed by atoms with E-state index in [1.807, 2.05) is 26.0 Å². The molecule has 3 saturated carbocycles. The number of carbonyl (C=O) groups excluding carboxylic acids is 2. The molecule has 5 aliphatic rings. The van der Waals surface area contributed by atoms with Gasteiger partial charge in [0.15, 0.2) is 22.8 Å². The van der Waals surface area contributed by atoms with Gasteiger partial charge in [-0.25, -0.2) is 4.39 Å². The molecule has 4 aliphatic carbocycles. The molecule has 37 heavy (non-hydrogen) atoms. The average Bonchev–Trinajstić information content (AvgIpc) is 3.35. The summed E-state index contributed by atoms with van der Waals surface area (Å²) in [5.74, 6) is -1.62. The van der Waals surface area contributed by atoms with Crippen LogP contribution in [0.1, 0.15) is 45.1 Å². The van der Waals surface area contributed by atoms with Crippen LogP contribution in [0.5, 0.6) is 0 Å². The normalized spacial score (nSPS) is 44.1. The lowest BCUT2D eigenvalue weighted by Gasteiger charge is -2.62. The van der Waals surface area contributed by atoms with Gasteiger partial charge in [0.2, 0.25) is 0 Å². The number of hydrogen-bond donors (Lipinski definition) is 2. The van der Waals surface area contributed by atoms with Crippen molar-refractivity contribution in [2.24, 2.45) is 28.6 Å². The fourth-order valence-electron chi connectivity index (χ4n) is 8.81. The number of aliphatic hydroxyl groups excluding tert-OH is 2. The minimum Gasteiger partial charge on any atom is -0.390 e. The Morgan fingerprint density at radius 3 is 2.76 bits per heavy atom. The van der Waals surface area contributed by atoms with E-state index in [1.165, 1.54) is 12.2 Å². The van der Waals surface area contributed by atoms with Gasteiger partial charge in [-0.3, -0.25) is 19.5 Å². The number of ketones is 2. The third-order valence-corrected chi connectivity index (χ3v) is 11.0. The summed E-state index contributed by atoms with van der Waals surface area (Å²) < 4.78 is 17.4.